The monoisotopic (exact) mass is 298 g/mol. The number of hydrogen-bond donors (Lipinski definition) is 4. The fourth-order valence-corrected chi connectivity index (χ4v) is 2.52. The zero-order valence-corrected chi connectivity index (χ0v) is 11.1. The van der Waals surface area contributed by atoms with Crippen molar-refractivity contribution in [3.05, 3.63) is 6.33 Å². The minimum absolute atomic E-state index is 0.185. The first-order valence-corrected chi connectivity index (χ1v) is 6.27. The standard InChI is InChI=1S/C11H15N5O5/c1-15-3-16(8-5(15)9(20)14-11(12)13-8)10-7(19)6(18)4(2-17)21-10/h3-4,6-7,10,17-19H,2H2,1H3,(H2-,12,13,14,20)/t4-,6+,7+,10-/m1/s1/i11+1. The number of nitrogens with two attached hydrogens (primary N) is 1. The zero-order valence-electron chi connectivity index (χ0n) is 11.1. The van der Waals surface area contributed by atoms with E-state index in [1.54, 1.807) is 7.05 Å². The summed E-state index contributed by atoms with van der Waals surface area (Å²) in [4.78, 5) is 7.54. The number of fused-ring (bicyclic) bond motifs is 1. The Kier molecular flexibility index (Phi) is 3.17. The quantitative estimate of drug-likeness (QED) is 0.417. The molecule has 0 saturated carbocycles. The SMILES string of the molecule is Cn1c[n+]([C@@H]2O[C@H](CO)[C@H](O)[C@@H]2O)c2n[13c](N)nc([O-])c21. The van der Waals surface area contributed by atoms with Crippen LogP contribution in [0.2, 0.25) is 0 Å². The predicted molar refractivity (Wildman–Crippen MR) is 65.6 cm³/mol. The van der Waals surface area contributed by atoms with Crippen LogP contribution in [0.15, 0.2) is 6.33 Å². The molecule has 3 rings (SSSR count). The maximum absolute atomic E-state index is 11.9. The van der Waals surface area contributed by atoms with E-state index in [1.165, 1.54) is 15.5 Å². The number of rotatable bonds is 2. The molecule has 2 aromatic rings. The number of aliphatic hydroxyl groups is 3. The number of nitrogens with zero attached hydrogens (tertiary/aromatic N) is 4. The second kappa shape index (κ2) is 4.77. The molecule has 1 saturated heterocycles. The summed E-state index contributed by atoms with van der Waals surface area (Å²) >= 11 is 0. The largest absolute Gasteiger partial charge is 0.856 e. The van der Waals surface area contributed by atoms with Crippen molar-refractivity contribution in [1.29, 1.82) is 0 Å². The molecule has 5 N–H and O–H groups in total. The van der Waals surface area contributed by atoms with Gasteiger partial charge in [-0.1, -0.05) is 4.98 Å². The van der Waals surface area contributed by atoms with E-state index in [-0.39, 0.29) is 17.1 Å². The van der Waals surface area contributed by atoms with Crippen LogP contribution in [0.25, 0.3) is 11.2 Å². The van der Waals surface area contributed by atoms with Crippen LogP contribution in [-0.2, 0) is 11.8 Å². The second-order valence-electron chi connectivity index (χ2n) is 4.92. The van der Waals surface area contributed by atoms with E-state index < -0.39 is 37.0 Å². The van der Waals surface area contributed by atoms with Gasteiger partial charge in [0.05, 0.1) is 13.7 Å². The third-order valence-electron chi connectivity index (χ3n) is 3.54. The van der Waals surface area contributed by atoms with Gasteiger partial charge in [-0.15, -0.1) is 0 Å². The lowest BCUT2D eigenvalue weighted by atomic mass is 10.1. The minimum Gasteiger partial charge on any atom is -0.856 e. The number of hydrogen-bond acceptors (Lipinski definition) is 8. The molecule has 10 nitrogen and oxygen atoms in total. The molecular weight excluding hydrogens is 283 g/mol. The first kappa shape index (κ1) is 13.9. The summed E-state index contributed by atoms with van der Waals surface area (Å²) in [5.74, 6) is -0.746. The van der Waals surface area contributed by atoms with Crippen molar-refractivity contribution in [2.75, 3.05) is 12.3 Å². The summed E-state index contributed by atoms with van der Waals surface area (Å²) in [6.45, 7) is -0.440. The van der Waals surface area contributed by atoms with Crippen LogP contribution in [-0.4, -0.2) is 54.8 Å². The van der Waals surface area contributed by atoms with Crippen molar-refractivity contribution in [2.24, 2.45) is 7.05 Å². The van der Waals surface area contributed by atoms with Crippen LogP contribution >= 0.6 is 0 Å². The number of nitrogen functional groups attached to an aromatic ring is 1. The Morgan fingerprint density at radius 3 is 2.76 bits per heavy atom. The van der Waals surface area contributed by atoms with Gasteiger partial charge in [0.1, 0.15) is 18.3 Å². The van der Waals surface area contributed by atoms with Crippen molar-refractivity contribution in [2.45, 2.75) is 24.5 Å². The summed E-state index contributed by atoms with van der Waals surface area (Å²) in [6.07, 6.45) is -2.94. The lowest BCUT2D eigenvalue weighted by molar-refractivity contribution is -0.745. The molecule has 2 aromatic heterocycles. The first-order valence-electron chi connectivity index (χ1n) is 6.27. The maximum atomic E-state index is 11.9. The Balaban J connectivity index is 2.13. The molecule has 1 fully saturated rings. The van der Waals surface area contributed by atoms with Gasteiger partial charge < -0.3 is 30.9 Å². The highest BCUT2D eigenvalue weighted by molar-refractivity contribution is 5.73. The van der Waals surface area contributed by atoms with E-state index >= 15 is 0 Å². The van der Waals surface area contributed by atoms with E-state index in [2.05, 4.69) is 9.97 Å². The van der Waals surface area contributed by atoms with Gasteiger partial charge in [0, 0.05) is 5.88 Å². The summed E-state index contributed by atoms with van der Waals surface area (Å²) in [5.41, 5.74) is 5.86. The van der Waals surface area contributed by atoms with Crippen LogP contribution in [0.5, 0.6) is 5.88 Å². The molecule has 0 aliphatic carbocycles. The Morgan fingerprint density at radius 2 is 2.14 bits per heavy atom. The van der Waals surface area contributed by atoms with Gasteiger partial charge in [-0.3, -0.25) is 4.57 Å². The Bertz CT molecular complexity index is 689. The summed E-state index contributed by atoms with van der Waals surface area (Å²) in [7, 11) is 1.61. The Hall–Kier alpha value is -2.01. The summed E-state index contributed by atoms with van der Waals surface area (Å²) in [5, 5.41) is 40.8. The lowest BCUT2D eigenvalue weighted by Crippen LogP contribution is -2.46. The molecule has 0 amide bonds. The third-order valence-corrected chi connectivity index (χ3v) is 3.54. The van der Waals surface area contributed by atoms with Crippen LogP contribution in [0.4, 0.5) is 5.95 Å². The van der Waals surface area contributed by atoms with Crippen LogP contribution < -0.4 is 15.4 Å². The summed E-state index contributed by atoms with van der Waals surface area (Å²) < 4.78 is 8.28. The Labute approximate surface area is 118 Å². The number of aryl methyl sites for hydroxylation is 1. The molecule has 0 aromatic carbocycles. The second-order valence-corrected chi connectivity index (χ2v) is 4.92. The molecule has 0 radical (unpaired) electrons. The number of ether oxygens (including phenoxy) is 1. The first-order chi connectivity index (χ1) is 9.93. The lowest BCUT2D eigenvalue weighted by Gasteiger charge is -2.12. The van der Waals surface area contributed by atoms with Crippen molar-refractivity contribution in [3.63, 3.8) is 0 Å². The van der Waals surface area contributed by atoms with Crippen LogP contribution in [0.3, 0.4) is 0 Å². The van der Waals surface area contributed by atoms with Crippen molar-refractivity contribution in [3.8, 4) is 5.88 Å². The average molecular weight is 298 g/mol. The topological polar surface area (TPSA) is 154 Å². The molecular formula is C11H15N5O5. The Morgan fingerprint density at radius 1 is 1.43 bits per heavy atom. The van der Waals surface area contributed by atoms with Gasteiger partial charge in [-0.2, -0.15) is 0 Å². The number of imidazole rings is 1. The van der Waals surface area contributed by atoms with E-state index in [4.69, 9.17) is 15.6 Å². The maximum Gasteiger partial charge on any atom is 0.309 e. The minimum atomic E-state index is -1.27. The highest BCUT2D eigenvalue weighted by atomic mass is 16.6. The number of aliphatic hydroxyl groups excluding tert-OH is 3. The van der Waals surface area contributed by atoms with Gasteiger partial charge >= 0.3 is 5.65 Å². The fourth-order valence-electron chi connectivity index (χ4n) is 2.52. The normalized spacial score (nSPS) is 29.3. The van der Waals surface area contributed by atoms with Crippen molar-refractivity contribution >= 4 is 17.1 Å². The fraction of sp³-hybridized carbons (Fsp3) is 0.545. The average Bonchev–Trinajstić information content (AvgIpc) is 2.89. The summed E-state index contributed by atoms with van der Waals surface area (Å²) in [6, 6.07) is 0. The van der Waals surface area contributed by atoms with Gasteiger partial charge in [0.15, 0.2) is 11.8 Å². The number of aromatic nitrogens is 4. The van der Waals surface area contributed by atoms with Gasteiger partial charge in [0.25, 0.3) is 5.95 Å². The van der Waals surface area contributed by atoms with E-state index in [0.717, 1.165) is 0 Å². The molecule has 4 atom stereocenters. The van der Waals surface area contributed by atoms with Crippen molar-refractivity contribution < 1.29 is 29.7 Å². The number of anilines is 1. The highest BCUT2D eigenvalue weighted by Gasteiger charge is 2.46. The molecule has 0 spiro atoms. The van der Waals surface area contributed by atoms with Crippen LogP contribution in [0, 0.1) is 0 Å². The smallest absolute Gasteiger partial charge is 0.309 e. The van der Waals surface area contributed by atoms with Crippen molar-refractivity contribution in [1.82, 2.24) is 14.5 Å². The molecule has 21 heavy (non-hydrogen) atoms. The van der Waals surface area contributed by atoms with Gasteiger partial charge in [-0.25, -0.2) is 9.55 Å². The van der Waals surface area contributed by atoms with Crippen LogP contribution in [0.1, 0.15) is 6.23 Å². The van der Waals surface area contributed by atoms with E-state index in [9.17, 15) is 15.3 Å². The highest BCUT2D eigenvalue weighted by Crippen LogP contribution is 2.27. The van der Waals surface area contributed by atoms with E-state index in [0.29, 0.717) is 0 Å². The molecule has 114 valence electrons. The molecule has 1 aliphatic rings. The molecule has 3 heterocycles. The zero-order chi connectivity index (χ0) is 15.3. The molecule has 1 aliphatic heterocycles. The molecule has 0 bridgehead atoms. The van der Waals surface area contributed by atoms with Gasteiger partial charge in [-0.05, 0) is 0 Å². The predicted octanol–water partition coefficient (Wildman–Crippen LogP) is -3.48. The third kappa shape index (κ3) is 2.00. The van der Waals surface area contributed by atoms with E-state index in [1.807, 2.05) is 0 Å². The molecule has 10 heteroatoms. The molecule has 0 unspecified atom stereocenters. The van der Waals surface area contributed by atoms with Gasteiger partial charge in [0.2, 0.25) is 6.23 Å².